The molecule has 0 aliphatic carbocycles. The van der Waals surface area contributed by atoms with Crippen molar-refractivity contribution in [1.82, 2.24) is 0 Å². The van der Waals surface area contributed by atoms with Crippen molar-refractivity contribution in [3.63, 3.8) is 0 Å². The lowest BCUT2D eigenvalue weighted by Gasteiger charge is -2.38. The molecule has 1 rings (SSSR count). The Labute approximate surface area is 85.5 Å². The Morgan fingerprint density at radius 3 is 2.57 bits per heavy atom. The fourth-order valence-electron chi connectivity index (χ4n) is 2.00. The van der Waals surface area contributed by atoms with E-state index >= 15 is 0 Å². The zero-order chi connectivity index (χ0) is 10.9. The second-order valence-electron chi connectivity index (χ2n) is 4.43. The molecule has 0 aromatic heterocycles. The number of hydrogen-bond acceptors (Lipinski definition) is 3. The van der Waals surface area contributed by atoms with E-state index in [1.54, 1.807) is 6.92 Å². The van der Waals surface area contributed by atoms with Crippen LogP contribution in [-0.2, 0) is 9.53 Å². The van der Waals surface area contributed by atoms with Gasteiger partial charge in [0.15, 0.2) is 0 Å². The normalized spacial score (nSPS) is 40.5. The SMILES string of the molecule is CCC(C)[C@H]1OC(=O)[C@H](C)[C@@H](O)[C@H]1C. The van der Waals surface area contributed by atoms with Crippen LogP contribution in [0.15, 0.2) is 0 Å². The number of carbonyl (C=O) groups excluding carboxylic acids is 1. The Bertz CT molecular complexity index is 215. The zero-order valence-electron chi connectivity index (χ0n) is 9.36. The Morgan fingerprint density at radius 1 is 1.50 bits per heavy atom. The quantitative estimate of drug-likeness (QED) is 0.688. The minimum absolute atomic E-state index is 0.0395. The lowest BCUT2D eigenvalue weighted by molar-refractivity contribution is -0.182. The van der Waals surface area contributed by atoms with Crippen molar-refractivity contribution in [3.05, 3.63) is 0 Å². The summed E-state index contributed by atoms with van der Waals surface area (Å²) >= 11 is 0. The molecule has 1 aliphatic heterocycles. The van der Waals surface area contributed by atoms with Crippen molar-refractivity contribution >= 4 is 5.97 Å². The van der Waals surface area contributed by atoms with Crippen LogP contribution in [0.5, 0.6) is 0 Å². The smallest absolute Gasteiger partial charge is 0.311 e. The molecule has 0 aromatic carbocycles. The average molecular weight is 200 g/mol. The minimum Gasteiger partial charge on any atom is -0.461 e. The first-order valence-corrected chi connectivity index (χ1v) is 5.37. The van der Waals surface area contributed by atoms with E-state index in [9.17, 15) is 9.90 Å². The predicted octanol–water partition coefficient (Wildman–Crippen LogP) is 1.59. The molecule has 1 aliphatic rings. The van der Waals surface area contributed by atoms with Gasteiger partial charge in [-0.05, 0) is 12.8 Å². The Morgan fingerprint density at radius 2 is 2.07 bits per heavy atom. The zero-order valence-corrected chi connectivity index (χ0v) is 9.36. The highest BCUT2D eigenvalue weighted by molar-refractivity contribution is 5.73. The Kier molecular flexibility index (Phi) is 3.53. The van der Waals surface area contributed by atoms with Gasteiger partial charge in [-0.1, -0.05) is 27.2 Å². The fraction of sp³-hybridized carbons (Fsp3) is 0.909. The summed E-state index contributed by atoms with van der Waals surface area (Å²) in [5, 5.41) is 9.83. The summed E-state index contributed by atoms with van der Waals surface area (Å²) in [6, 6.07) is 0. The van der Waals surface area contributed by atoms with Gasteiger partial charge in [0.2, 0.25) is 0 Å². The third-order valence-corrected chi connectivity index (χ3v) is 3.40. The topological polar surface area (TPSA) is 46.5 Å². The third kappa shape index (κ3) is 1.92. The maximum Gasteiger partial charge on any atom is 0.311 e. The van der Waals surface area contributed by atoms with Gasteiger partial charge in [-0.2, -0.15) is 0 Å². The summed E-state index contributed by atoms with van der Waals surface area (Å²) in [6.45, 7) is 7.79. The van der Waals surface area contributed by atoms with E-state index < -0.39 is 6.10 Å². The Balaban J connectivity index is 2.75. The maximum absolute atomic E-state index is 11.4. The van der Waals surface area contributed by atoms with Gasteiger partial charge in [0.1, 0.15) is 6.10 Å². The van der Waals surface area contributed by atoms with Crippen LogP contribution in [0.4, 0.5) is 0 Å². The number of esters is 1. The highest BCUT2D eigenvalue weighted by Crippen LogP contribution is 2.31. The largest absolute Gasteiger partial charge is 0.461 e. The maximum atomic E-state index is 11.4. The fourth-order valence-corrected chi connectivity index (χ4v) is 2.00. The van der Waals surface area contributed by atoms with E-state index in [4.69, 9.17) is 4.74 Å². The lowest BCUT2D eigenvalue weighted by Crippen LogP contribution is -2.48. The van der Waals surface area contributed by atoms with Gasteiger partial charge >= 0.3 is 5.97 Å². The highest BCUT2D eigenvalue weighted by Gasteiger charge is 2.41. The predicted molar refractivity (Wildman–Crippen MR) is 53.7 cm³/mol. The number of ether oxygens (including phenoxy) is 1. The molecule has 1 fully saturated rings. The van der Waals surface area contributed by atoms with Gasteiger partial charge in [-0.3, -0.25) is 4.79 Å². The molecule has 0 amide bonds. The second kappa shape index (κ2) is 4.30. The summed E-state index contributed by atoms with van der Waals surface area (Å²) in [4.78, 5) is 11.4. The van der Waals surface area contributed by atoms with Crippen molar-refractivity contribution in [2.75, 3.05) is 0 Å². The molecule has 1 saturated heterocycles. The van der Waals surface area contributed by atoms with Crippen LogP contribution in [-0.4, -0.2) is 23.3 Å². The highest BCUT2D eigenvalue weighted by atomic mass is 16.5. The number of aliphatic hydroxyl groups excluding tert-OH is 1. The molecular formula is C11H20O3. The number of hydrogen-bond donors (Lipinski definition) is 1. The summed E-state index contributed by atoms with van der Waals surface area (Å²) in [5.41, 5.74) is 0. The molecule has 14 heavy (non-hydrogen) atoms. The van der Waals surface area contributed by atoms with Crippen molar-refractivity contribution in [3.8, 4) is 0 Å². The first kappa shape index (κ1) is 11.5. The van der Waals surface area contributed by atoms with Gasteiger partial charge in [-0.25, -0.2) is 0 Å². The molecule has 1 unspecified atom stereocenters. The van der Waals surface area contributed by atoms with Crippen LogP contribution in [0, 0.1) is 17.8 Å². The van der Waals surface area contributed by atoms with E-state index in [0.717, 1.165) is 6.42 Å². The van der Waals surface area contributed by atoms with E-state index in [1.807, 2.05) is 6.92 Å². The van der Waals surface area contributed by atoms with Gasteiger partial charge in [-0.15, -0.1) is 0 Å². The monoisotopic (exact) mass is 200 g/mol. The molecule has 82 valence electrons. The van der Waals surface area contributed by atoms with Crippen LogP contribution in [0.25, 0.3) is 0 Å². The summed E-state index contributed by atoms with van der Waals surface area (Å²) in [6.07, 6.45) is 0.276. The lowest BCUT2D eigenvalue weighted by atomic mass is 9.81. The van der Waals surface area contributed by atoms with Gasteiger partial charge in [0, 0.05) is 5.92 Å². The van der Waals surface area contributed by atoms with E-state index in [0.29, 0.717) is 5.92 Å². The summed E-state index contributed by atoms with van der Waals surface area (Å²) < 4.78 is 5.34. The molecule has 0 aromatic rings. The summed E-state index contributed by atoms with van der Waals surface area (Å²) in [5.74, 6) is -0.292. The molecule has 0 saturated carbocycles. The minimum atomic E-state index is -0.560. The van der Waals surface area contributed by atoms with Crippen LogP contribution >= 0.6 is 0 Å². The van der Waals surface area contributed by atoms with Gasteiger partial charge in [0.05, 0.1) is 12.0 Å². The van der Waals surface area contributed by atoms with Crippen molar-refractivity contribution in [2.45, 2.75) is 46.3 Å². The standard InChI is InChI=1S/C11H20O3/c1-5-6(2)10-7(3)9(12)8(4)11(13)14-10/h6-10,12H,5H2,1-4H3/t6?,7-,8-,9+,10-/m1/s1. The molecule has 1 heterocycles. The van der Waals surface area contributed by atoms with E-state index in [2.05, 4.69) is 13.8 Å². The van der Waals surface area contributed by atoms with E-state index in [-0.39, 0.29) is 23.9 Å². The number of carbonyl (C=O) groups is 1. The molecule has 1 N–H and O–H groups in total. The molecule has 3 nitrogen and oxygen atoms in total. The molecule has 0 bridgehead atoms. The van der Waals surface area contributed by atoms with Crippen LogP contribution < -0.4 is 0 Å². The second-order valence-corrected chi connectivity index (χ2v) is 4.43. The van der Waals surface area contributed by atoms with Gasteiger partial charge < -0.3 is 9.84 Å². The average Bonchev–Trinajstić information content (AvgIpc) is 2.19. The summed E-state index contributed by atoms with van der Waals surface area (Å²) in [7, 11) is 0. The van der Waals surface area contributed by atoms with Crippen molar-refractivity contribution in [2.24, 2.45) is 17.8 Å². The van der Waals surface area contributed by atoms with Crippen LogP contribution in [0.1, 0.15) is 34.1 Å². The number of rotatable bonds is 2. The molecule has 0 spiro atoms. The Hall–Kier alpha value is -0.570. The first-order chi connectivity index (χ1) is 6.49. The molecular weight excluding hydrogens is 180 g/mol. The van der Waals surface area contributed by atoms with Crippen molar-refractivity contribution < 1.29 is 14.6 Å². The number of aliphatic hydroxyl groups is 1. The van der Waals surface area contributed by atoms with Crippen LogP contribution in [0.3, 0.4) is 0 Å². The van der Waals surface area contributed by atoms with E-state index in [1.165, 1.54) is 0 Å². The van der Waals surface area contributed by atoms with Crippen molar-refractivity contribution in [1.29, 1.82) is 0 Å². The third-order valence-electron chi connectivity index (χ3n) is 3.40. The molecule has 3 heteroatoms. The number of cyclic esters (lactones) is 1. The van der Waals surface area contributed by atoms with Crippen LogP contribution in [0.2, 0.25) is 0 Å². The molecule has 0 radical (unpaired) electrons. The van der Waals surface area contributed by atoms with Gasteiger partial charge in [0.25, 0.3) is 0 Å². The first-order valence-electron chi connectivity index (χ1n) is 5.37. The molecule has 5 atom stereocenters.